The number of carbonyl (C=O) groups is 1. The number of nitrogens with one attached hydrogen (secondary N) is 1. The lowest BCUT2D eigenvalue weighted by atomic mass is 9.82. The first-order valence-corrected chi connectivity index (χ1v) is 6.28. The van der Waals surface area contributed by atoms with Gasteiger partial charge in [-0.1, -0.05) is 53.7 Å². The topological polar surface area (TPSA) is 49.3 Å². The number of halogens is 1. The second-order valence-corrected chi connectivity index (χ2v) is 4.27. The van der Waals surface area contributed by atoms with Crippen LogP contribution in [0.4, 0.5) is 4.79 Å². The molecule has 0 spiro atoms. The first-order chi connectivity index (χ1) is 6.68. The van der Waals surface area contributed by atoms with Gasteiger partial charge in [0.25, 0.3) is 0 Å². The van der Waals surface area contributed by atoms with E-state index in [2.05, 4.69) is 39.7 Å². The van der Waals surface area contributed by atoms with Crippen LogP contribution in [0, 0.1) is 11.8 Å². The summed E-state index contributed by atoms with van der Waals surface area (Å²) in [4.78, 5) is 10.7. The molecule has 1 rings (SSSR count). The number of hydrogen-bond donors (Lipinski definition) is 2. The third kappa shape index (κ3) is 3.37. The average molecular weight is 307 g/mol. The van der Waals surface area contributed by atoms with Crippen LogP contribution < -0.4 is 5.32 Å². The van der Waals surface area contributed by atoms with E-state index >= 15 is 0 Å². The zero-order valence-corrected chi connectivity index (χ0v) is 10.1. The van der Waals surface area contributed by atoms with Crippen LogP contribution in [0.5, 0.6) is 0 Å². The maximum Gasteiger partial charge on any atom is 0.405 e. The molecule has 2 N–H and O–H groups in total. The van der Waals surface area contributed by atoms with Crippen molar-refractivity contribution in [3.05, 3.63) is 0 Å². The molecule has 3 nitrogen and oxygen atoms in total. The summed E-state index contributed by atoms with van der Waals surface area (Å²) in [6, 6.07) is 0. The fourth-order valence-electron chi connectivity index (χ4n) is 1.84. The van der Waals surface area contributed by atoms with Crippen molar-refractivity contribution in [2.75, 3.05) is 4.43 Å². The summed E-state index contributed by atoms with van der Waals surface area (Å²) in [5.41, 5.74) is -0.463. The standard InChI is InChI=1S/C10H14INO2/c11-8-4-7-10(12-9(13)14)5-2-1-3-6-10/h12H,1-3,5-6,8H2,(H,13,14). The van der Waals surface area contributed by atoms with Gasteiger partial charge in [0.05, 0.1) is 4.43 Å². The van der Waals surface area contributed by atoms with E-state index in [0.29, 0.717) is 0 Å². The van der Waals surface area contributed by atoms with Crippen LogP contribution in [-0.4, -0.2) is 21.2 Å². The molecule has 0 aliphatic heterocycles. The summed E-state index contributed by atoms with van der Waals surface area (Å²) < 4.78 is 0.751. The molecule has 0 saturated heterocycles. The average Bonchev–Trinajstić information content (AvgIpc) is 2.15. The minimum absolute atomic E-state index is 0.463. The Morgan fingerprint density at radius 1 is 1.43 bits per heavy atom. The molecule has 0 bridgehead atoms. The molecule has 1 saturated carbocycles. The van der Waals surface area contributed by atoms with E-state index in [1.807, 2.05) is 0 Å². The number of carboxylic acid groups (broad SMARTS) is 1. The molecule has 0 aromatic rings. The van der Waals surface area contributed by atoms with Crippen LogP contribution in [0.1, 0.15) is 32.1 Å². The highest BCUT2D eigenvalue weighted by atomic mass is 127. The van der Waals surface area contributed by atoms with Gasteiger partial charge < -0.3 is 10.4 Å². The highest BCUT2D eigenvalue weighted by Gasteiger charge is 2.31. The lowest BCUT2D eigenvalue weighted by molar-refractivity contribution is 0.177. The van der Waals surface area contributed by atoms with E-state index in [-0.39, 0.29) is 0 Å². The van der Waals surface area contributed by atoms with Crippen molar-refractivity contribution in [2.24, 2.45) is 0 Å². The highest BCUT2D eigenvalue weighted by molar-refractivity contribution is 14.1. The summed E-state index contributed by atoms with van der Waals surface area (Å²) in [6.45, 7) is 0. The summed E-state index contributed by atoms with van der Waals surface area (Å²) in [5, 5.41) is 11.3. The number of alkyl halides is 1. The summed E-state index contributed by atoms with van der Waals surface area (Å²) in [6.07, 6.45) is 4.06. The van der Waals surface area contributed by atoms with Crippen molar-refractivity contribution in [1.82, 2.24) is 5.32 Å². The lowest BCUT2D eigenvalue weighted by Gasteiger charge is -2.32. The van der Waals surface area contributed by atoms with Gasteiger partial charge >= 0.3 is 6.09 Å². The molecule has 0 unspecified atom stereocenters. The minimum atomic E-state index is -0.963. The van der Waals surface area contributed by atoms with Gasteiger partial charge in [-0.15, -0.1) is 0 Å². The molecule has 78 valence electrons. The molecule has 0 atom stereocenters. The normalized spacial score (nSPS) is 19.2. The Labute approximate surface area is 97.8 Å². The van der Waals surface area contributed by atoms with Gasteiger partial charge in [-0.05, 0) is 12.8 Å². The third-order valence-corrected chi connectivity index (χ3v) is 2.83. The summed E-state index contributed by atoms with van der Waals surface area (Å²) in [7, 11) is 0. The van der Waals surface area contributed by atoms with E-state index in [9.17, 15) is 4.79 Å². The van der Waals surface area contributed by atoms with E-state index in [4.69, 9.17) is 5.11 Å². The molecule has 14 heavy (non-hydrogen) atoms. The molecule has 1 aliphatic carbocycles. The predicted octanol–water partition coefficient (Wildman–Crippen LogP) is 2.40. The van der Waals surface area contributed by atoms with Crippen LogP contribution >= 0.6 is 22.6 Å². The molecule has 1 fully saturated rings. The van der Waals surface area contributed by atoms with Gasteiger partial charge in [0.15, 0.2) is 0 Å². The molecule has 0 aromatic carbocycles. The van der Waals surface area contributed by atoms with Crippen molar-refractivity contribution in [2.45, 2.75) is 37.6 Å². The summed E-state index contributed by atoms with van der Waals surface area (Å²) in [5.74, 6) is 6.04. The first-order valence-electron chi connectivity index (χ1n) is 4.76. The van der Waals surface area contributed by atoms with E-state index in [0.717, 1.165) is 30.1 Å². The van der Waals surface area contributed by atoms with Crippen molar-refractivity contribution in [1.29, 1.82) is 0 Å². The molecular formula is C10H14INO2. The zero-order valence-electron chi connectivity index (χ0n) is 7.98. The van der Waals surface area contributed by atoms with Crippen LogP contribution in [-0.2, 0) is 0 Å². The second-order valence-electron chi connectivity index (χ2n) is 3.51. The molecule has 1 aliphatic rings. The lowest BCUT2D eigenvalue weighted by Crippen LogP contribution is -2.48. The number of rotatable bonds is 1. The van der Waals surface area contributed by atoms with Gasteiger partial charge in [0.1, 0.15) is 5.54 Å². The van der Waals surface area contributed by atoms with Crippen molar-refractivity contribution >= 4 is 28.7 Å². The van der Waals surface area contributed by atoms with Gasteiger partial charge in [-0.3, -0.25) is 0 Å². The van der Waals surface area contributed by atoms with E-state index in [1.165, 1.54) is 6.42 Å². The van der Waals surface area contributed by atoms with Crippen LogP contribution in [0.25, 0.3) is 0 Å². The largest absolute Gasteiger partial charge is 0.465 e. The van der Waals surface area contributed by atoms with Crippen molar-refractivity contribution in [3.8, 4) is 11.8 Å². The Hall–Kier alpha value is -0.440. The quantitative estimate of drug-likeness (QED) is 0.444. The Kier molecular flexibility index (Phi) is 4.52. The fraction of sp³-hybridized carbons (Fsp3) is 0.700. The van der Waals surface area contributed by atoms with E-state index < -0.39 is 11.6 Å². The number of amides is 1. The Morgan fingerprint density at radius 2 is 2.07 bits per heavy atom. The maximum atomic E-state index is 10.7. The Morgan fingerprint density at radius 3 is 2.57 bits per heavy atom. The predicted molar refractivity (Wildman–Crippen MR) is 63.6 cm³/mol. The van der Waals surface area contributed by atoms with Crippen molar-refractivity contribution < 1.29 is 9.90 Å². The highest BCUT2D eigenvalue weighted by Crippen LogP contribution is 2.27. The molecule has 1 amide bonds. The smallest absolute Gasteiger partial charge is 0.405 e. The van der Waals surface area contributed by atoms with E-state index in [1.54, 1.807) is 0 Å². The fourth-order valence-corrected chi connectivity index (χ4v) is 2.03. The van der Waals surface area contributed by atoms with Crippen LogP contribution in [0.15, 0.2) is 0 Å². The molecule has 4 heteroatoms. The zero-order chi connectivity index (χ0) is 10.4. The van der Waals surface area contributed by atoms with Crippen LogP contribution in [0.2, 0.25) is 0 Å². The molecule has 0 radical (unpaired) electrons. The molecule has 0 heterocycles. The molecular weight excluding hydrogens is 293 g/mol. The SMILES string of the molecule is O=C(O)NC1(C#CCI)CCCCC1. The van der Waals surface area contributed by atoms with Gasteiger partial charge in [-0.25, -0.2) is 4.79 Å². The van der Waals surface area contributed by atoms with Gasteiger partial charge in [0, 0.05) is 0 Å². The monoisotopic (exact) mass is 307 g/mol. The minimum Gasteiger partial charge on any atom is -0.465 e. The third-order valence-electron chi connectivity index (χ3n) is 2.45. The van der Waals surface area contributed by atoms with Crippen LogP contribution in [0.3, 0.4) is 0 Å². The Balaban J connectivity index is 2.71. The Bertz CT molecular complexity index is 261. The first kappa shape index (κ1) is 11.6. The molecule has 0 aromatic heterocycles. The maximum absolute atomic E-state index is 10.7. The summed E-state index contributed by atoms with van der Waals surface area (Å²) >= 11 is 2.18. The number of hydrogen-bond acceptors (Lipinski definition) is 1. The van der Waals surface area contributed by atoms with Crippen molar-refractivity contribution in [3.63, 3.8) is 0 Å². The second kappa shape index (κ2) is 5.44. The van der Waals surface area contributed by atoms with Gasteiger partial charge in [-0.2, -0.15) is 0 Å². The van der Waals surface area contributed by atoms with Gasteiger partial charge in [0.2, 0.25) is 0 Å².